The zero-order valence-electron chi connectivity index (χ0n) is 13.5. The lowest BCUT2D eigenvalue weighted by molar-refractivity contribution is 0.426. The number of hydrogen-bond donors (Lipinski definition) is 2. The Bertz CT molecular complexity index is 1140. The molecule has 0 atom stereocenters. The molecule has 0 saturated heterocycles. The van der Waals surface area contributed by atoms with Crippen molar-refractivity contribution >= 4 is 34.8 Å². The molecule has 0 aliphatic carbocycles. The molecule has 6 nitrogen and oxygen atoms in total. The monoisotopic (exact) mass is 424 g/mol. The van der Waals surface area contributed by atoms with E-state index in [1.165, 1.54) is 6.07 Å². The van der Waals surface area contributed by atoms with Crippen LogP contribution in [0, 0.1) is 0 Å². The lowest BCUT2D eigenvalue weighted by Gasteiger charge is -1.95. The molecule has 0 radical (unpaired) electrons. The summed E-state index contributed by atoms with van der Waals surface area (Å²) in [6, 6.07) is 15.3. The van der Waals surface area contributed by atoms with Crippen molar-refractivity contribution in [1.82, 2.24) is 10.3 Å². The van der Waals surface area contributed by atoms with Crippen molar-refractivity contribution in [2.45, 2.75) is 0 Å². The fourth-order valence-corrected chi connectivity index (χ4v) is 2.55. The molecule has 138 valence electrons. The highest BCUT2D eigenvalue weighted by Crippen LogP contribution is 2.25. The maximum atomic E-state index is 11.0. The first-order valence-electron chi connectivity index (χ1n) is 7.51. The Hall–Kier alpha value is -2.67. The zero-order valence-corrected chi connectivity index (χ0v) is 15.7. The second kappa shape index (κ2) is 8.35. The molecule has 4 aromatic rings. The Morgan fingerprint density at radius 3 is 1.70 bits per heavy atom. The van der Waals surface area contributed by atoms with Gasteiger partial charge in [0, 0.05) is 21.2 Å². The van der Waals surface area contributed by atoms with Crippen LogP contribution in [0.2, 0.25) is 15.1 Å². The summed E-state index contributed by atoms with van der Waals surface area (Å²) in [6.45, 7) is 0. The summed E-state index contributed by atoms with van der Waals surface area (Å²) in [4.78, 5) is 21.7. The van der Waals surface area contributed by atoms with Gasteiger partial charge in [-0.15, -0.1) is 0 Å². The minimum absolute atomic E-state index is 0.0484. The molecule has 0 fully saturated rings. The number of benzene rings is 2. The van der Waals surface area contributed by atoms with Gasteiger partial charge in [-0.2, -0.15) is 10.3 Å². The van der Waals surface area contributed by atoms with Gasteiger partial charge in [0.15, 0.2) is 16.5 Å². The smallest absolute Gasteiger partial charge is 0.299 e. The molecule has 0 amide bonds. The second-order valence-corrected chi connectivity index (χ2v) is 6.52. The molecule has 0 spiro atoms. The van der Waals surface area contributed by atoms with Crippen molar-refractivity contribution in [3.8, 4) is 22.6 Å². The van der Waals surface area contributed by atoms with Crippen molar-refractivity contribution in [2.75, 3.05) is 0 Å². The largest absolute Gasteiger partial charge is 0.378 e. The van der Waals surface area contributed by atoms with Crippen LogP contribution in [0.3, 0.4) is 0 Å². The number of hydrogen-bond acceptors (Lipinski definition) is 4. The highest BCUT2D eigenvalue weighted by Gasteiger charge is 2.11. The zero-order chi connectivity index (χ0) is 19.4. The summed E-state index contributed by atoms with van der Waals surface area (Å²) in [5, 5.41) is 5.69. The van der Waals surface area contributed by atoms with Crippen LogP contribution in [0.4, 0.5) is 0 Å². The van der Waals surface area contributed by atoms with E-state index in [1.54, 1.807) is 48.5 Å². The predicted molar refractivity (Wildman–Crippen MR) is 105 cm³/mol. The van der Waals surface area contributed by atoms with Gasteiger partial charge in [-0.25, -0.2) is 0 Å². The summed E-state index contributed by atoms with van der Waals surface area (Å²) in [5.74, 6) is 0.843. The van der Waals surface area contributed by atoms with Gasteiger partial charge >= 0.3 is 0 Å². The molecule has 0 unspecified atom stereocenters. The standard InChI is InChI=1S/C9H5Cl2NO2.C9H6ClNO2/c10-6-3-1-5(2-4-6)8-7(11)9(13)12-14-8;10-7-3-1-6(2-4-7)8-5-9(12)11-13-8/h1-4H,(H,12,13);1-5H,(H,11,12). The van der Waals surface area contributed by atoms with E-state index in [-0.39, 0.29) is 10.6 Å². The van der Waals surface area contributed by atoms with Crippen LogP contribution < -0.4 is 11.1 Å². The van der Waals surface area contributed by atoms with E-state index < -0.39 is 5.56 Å². The summed E-state index contributed by atoms with van der Waals surface area (Å²) >= 11 is 17.1. The quantitative estimate of drug-likeness (QED) is 0.460. The van der Waals surface area contributed by atoms with Crippen molar-refractivity contribution < 1.29 is 9.05 Å². The molecule has 0 aliphatic heterocycles. The van der Waals surface area contributed by atoms with E-state index in [0.29, 0.717) is 27.1 Å². The normalized spacial score (nSPS) is 10.3. The first-order valence-corrected chi connectivity index (χ1v) is 8.65. The SMILES string of the molecule is O=c1[nH]oc(-c2ccc(Cl)cc2)c1Cl.O=c1cc(-c2ccc(Cl)cc2)o[nH]1. The number of rotatable bonds is 2. The lowest BCUT2D eigenvalue weighted by atomic mass is 10.2. The molecule has 4 rings (SSSR count). The average Bonchev–Trinajstić information content (AvgIpc) is 3.24. The fourth-order valence-electron chi connectivity index (χ4n) is 2.12. The Morgan fingerprint density at radius 1 is 0.704 bits per heavy atom. The van der Waals surface area contributed by atoms with Crippen molar-refractivity contribution in [3.63, 3.8) is 0 Å². The maximum absolute atomic E-state index is 11.0. The van der Waals surface area contributed by atoms with Gasteiger partial charge in [-0.1, -0.05) is 34.8 Å². The number of H-pyrrole nitrogens is 2. The van der Waals surface area contributed by atoms with Crippen LogP contribution in [0.1, 0.15) is 0 Å². The molecule has 9 heteroatoms. The maximum Gasteiger partial charge on any atom is 0.299 e. The molecular weight excluding hydrogens is 415 g/mol. The first-order chi connectivity index (χ1) is 12.9. The number of aromatic nitrogens is 2. The third-order valence-electron chi connectivity index (χ3n) is 3.40. The minimum atomic E-state index is -0.434. The van der Waals surface area contributed by atoms with Gasteiger partial charge in [-0.05, 0) is 48.5 Å². The van der Waals surface area contributed by atoms with Gasteiger partial charge in [0.05, 0.1) is 6.07 Å². The van der Waals surface area contributed by atoms with Crippen molar-refractivity contribution in [3.05, 3.63) is 90.4 Å². The Balaban J connectivity index is 0.000000156. The average molecular weight is 426 g/mol. The highest BCUT2D eigenvalue weighted by atomic mass is 35.5. The molecule has 0 bridgehead atoms. The summed E-state index contributed by atoms with van der Waals surface area (Å²) in [6.07, 6.45) is 0. The van der Waals surface area contributed by atoms with Crippen LogP contribution >= 0.6 is 34.8 Å². The summed E-state index contributed by atoms with van der Waals surface area (Å²) in [7, 11) is 0. The molecule has 27 heavy (non-hydrogen) atoms. The first kappa shape index (κ1) is 19.1. The Kier molecular flexibility index (Phi) is 5.91. The molecule has 0 aliphatic rings. The molecule has 0 saturated carbocycles. The Morgan fingerprint density at radius 2 is 1.26 bits per heavy atom. The van der Waals surface area contributed by atoms with E-state index in [4.69, 9.17) is 43.8 Å². The molecular formula is C18H11Cl3N2O4. The highest BCUT2D eigenvalue weighted by molar-refractivity contribution is 6.33. The fraction of sp³-hybridized carbons (Fsp3) is 0. The van der Waals surface area contributed by atoms with E-state index >= 15 is 0 Å². The van der Waals surface area contributed by atoms with Crippen LogP contribution in [0.25, 0.3) is 22.6 Å². The third-order valence-corrected chi connectivity index (χ3v) is 4.25. The van der Waals surface area contributed by atoms with Gasteiger partial charge < -0.3 is 9.05 Å². The van der Waals surface area contributed by atoms with E-state index in [2.05, 4.69) is 10.3 Å². The minimum Gasteiger partial charge on any atom is -0.378 e. The van der Waals surface area contributed by atoms with Crippen LogP contribution in [0.5, 0.6) is 0 Å². The number of nitrogens with one attached hydrogen (secondary N) is 2. The second-order valence-electron chi connectivity index (χ2n) is 5.27. The van der Waals surface area contributed by atoms with Crippen LogP contribution in [-0.4, -0.2) is 10.3 Å². The van der Waals surface area contributed by atoms with E-state index in [0.717, 1.165) is 5.56 Å². The Labute approximate surface area is 167 Å². The van der Waals surface area contributed by atoms with Gasteiger partial charge in [0.25, 0.3) is 11.1 Å². The van der Waals surface area contributed by atoms with E-state index in [9.17, 15) is 9.59 Å². The summed E-state index contributed by atoms with van der Waals surface area (Å²) < 4.78 is 9.82. The predicted octanol–water partition coefficient (Wildman–Crippen LogP) is 5.23. The number of halogens is 3. The molecule has 2 N–H and O–H groups in total. The van der Waals surface area contributed by atoms with Gasteiger partial charge in [0.1, 0.15) is 0 Å². The molecule has 2 aromatic carbocycles. The van der Waals surface area contributed by atoms with Crippen molar-refractivity contribution in [2.24, 2.45) is 0 Å². The third kappa shape index (κ3) is 4.74. The number of aromatic amines is 2. The van der Waals surface area contributed by atoms with Gasteiger partial charge in [-0.3, -0.25) is 9.59 Å². The van der Waals surface area contributed by atoms with Crippen LogP contribution in [0.15, 0.2) is 73.2 Å². The van der Waals surface area contributed by atoms with Crippen LogP contribution in [-0.2, 0) is 0 Å². The summed E-state index contributed by atoms with van der Waals surface area (Å²) in [5.41, 5.74) is 0.849. The topological polar surface area (TPSA) is 92.0 Å². The van der Waals surface area contributed by atoms with E-state index in [1.807, 2.05) is 0 Å². The molecule has 2 heterocycles. The van der Waals surface area contributed by atoms with Gasteiger partial charge in [0.2, 0.25) is 0 Å². The van der Waals surface area contributed by atoms with Crippen molar-refractivity contribution in [1.29, 1.82) is 0 Å². The lowest BCUT2D eigenvalue weighted by Crippen LogP contribution is -1.96. The molecule has 2 aromatic heterocycles.